The van der Waals surface area contributed by atoms with E-state index in [0.29, 0.717) is 6.07 Å². The minimum atomic E-state index is -0.861. The van der Waals surface area contributed by atoms with Crippen molar-refractivity contribution in [2.45, 2.75) is 0 Å². The Kier molecular flexibility index (Phi) is 3.62. The third kappa shape index (κ3) is 2.92. The number of ether oxygens (including phenoxy) is 1. The monoisotopic (exact) mass is 238 g/mol. The van der Waals surface area contributed by atoms with Gasteiger partial charge in [-0.3, -0.25) is 10.1 Å². The molecule has 0 saturated carbocycles. The predicted molar refractivity (Wildman–Crippen MR) is 56.4 cm³/mol. The molecule has 1 rings (SSSR count). The number of hydrogen-bond acceptors (Lipinski definition) is 5. The number of halogens is 1. The first-order valence-electron chi connectivity index (χ1n) is 4.29. The van der Waals surface area contributed by atoms with Crippen LogP contribution in [-0.2, 0) is 9.53 Å². The van der Waals surface area contributed by atoms with Crippen LogP contribution in [0.2, 0.25) is 0 Å². The van der Waals surface area contributed by atoms with Crippen molar-refractivity contribution in [1.29, 1.82) is 0 Å². The SMILES string of the molecule is COC(=O)C#Cc1cc(F)cc([N+](=O)[O-])c1N. The number of benzene rings is 1. The molecule has 0 unspecified atom stereocenters. The number of anilines is 1. The second kappa shape index (κ2) is 4.94. The van der Waals surface area contributed by atoms with E-state index in [1.54, 1.807) is 0 Å². The quantitative estimate of drug-likeness (QED) is 0.257. The summed E-state index contributed by atoms with van der Waals surface area (Å²) in [6.07, 6.45) is 0. The van der Waals surface area contributed by atoms with Gasteiger partial charge in [-0.05, 0) is 6.07 Å². The van der Waals surface area contributed by atoms with Crippen molar-refractivity contribution in [2.24, 2.45) is 0 Å². The Balaban J connectivity index is 3.28. The van der Waals surface area contributed by atoms with E-state index in [4.69, 9.17) is 5.73 Å². The molecule has 88 valence electrons. The van der Waals surface area contributed by atoms with Gasteiger partial charge in [0.15, 0.2) is 0 Å². The van der Waals surface area contributed by atoms with Crippen LogP contribution in [0.4, 0.5) is 15.8 Å². The van der Waals surface area contributed by atoms with E-state index in [9.17, 15) is 19.3 Å². The maximum atomic E-state index is 13.0. The number of nitrogens with two attached hydrogens (primary N) is 1. The van der Waals surface area contributed by atoms with Crippen molar-refractivity contribution >= 4 is 17.3 Å². The maximum Gasteiger partial charge on any atom is 0.384 e. The lowest BCUT2D eigenvalue weighted by Gasteiger charge is -2.00. The van der Waals surface area contributed by atoms with Gasteiger partial charge in [0.2, 0.25) is 0 Å². The van der Waals surface area contributed by atoms with Crippen molar-refractivity contribution < 1.29 is 18.8 Å². The molecule has 0 aliphatic carbocycles. The lowest BCUT2D eigenvalue weighted by atomic mass is 10.1. The largest absolute Gasteiger partial charge is 0.459 e. The van der Waals surface area contributed by atoms with Crippen LogP contribution in [0.3, 0.4) is 0 Å². The Morgan fingerprint density at radius 1 is 1.59 bits per heavy atom. The number of nitrogen functional groups attached to an aromatic ring is 1. The maximum absolute atomic E-state index is 13.0. The van der Waals surface area contributed by atoms with Crippen LogP contribution in [0.5, 0.6) is 0 Å². The van der Waals surface area contributed by atoms with Gasteiger partial charge in [-0.2, -0.15) is 0 Å². The van der Waals surface area contributed by atoms with E-state index < -0.39 is 22.4 Å². The molecule has 1 aromatic rings. The third-order valence-corrected chi connectivity index (χ3v) is 1.80. The highest BCUT2D eigenvalue weighted by molar-refractivity contribution is 5.89. The molecule has 0 aliphatic rings. The smallest absolute Gasteiger partial charge is 0.384 e. The van der Waals surface area contributed by atoms with Gasteiger partial charge in [0.1, 0.15) is 11.5 Å². The van der Waals surface area contributed by atoms with Crippen LogP contribution in [0.1, 0.15) is 5.56 Å². The Morgan fingerprint density at radius 3 is 2.76 bits per heavy atom. The second-order valence-electron chi connectivity index (χ2n) is 2.88. The lowest BCUT2D eigenvalue weighted by Crippen LogP contribution is -2.00. The number of nitrogens with zero attached hydrogens (tertiary/aromatic N) is 1. The Morgan fingerprint density at radius 2 is 2.24 bits per heavy atom. The summed E-state index contributed by atoms with van der Waals surface area (Å²) in [6.45, 7) is 0. The Labute approximate surface area is 95.3 Å². The highest BCUT2D eigenvalue weighted by atomic mass is 19.1. The van der Waals surface area contributed by atoms with Crippen LogP contribution >= 0.6 is 0 Å². The Hall–Kier alpha value is -2.62. The van der Waals surface area contributed by atoms with E-state index in [1.165, 1.54) is 0 Å². The molecule has 6 nitrogen and oxygen atoms in total. The van der Waals surface area contributed by atoms with Gasteiger partial charge in [0.05, 0.1) is 23.7 Å². The number of methoxy groups -OCH3 is 1. The number of carbonyl (C=O) groups excluding carboxylic acids is 1. The van der Waals surface area contributed by atoms with Crippen LogP contribution in [-0.4, -0.2) is 18.0 Å². The van der Waals surface area contributed by atoms with Gasteiger partial charge in [0.25, 0.3) is 5.69 Å². The number of carbonyl (C=O) groups is 1. The fourth-order valence-corrected chi connectivity index (χ4v) is 1.03. The molecule has 0 aliphatic heterocycles. The molecule has 0 heterocycles. The zero-order valence-corrected chi connectivity index (χ0v) is 8.69. The minimum Gasteiger partial charge on any atom is -0.459 e. The molecule has 2 N–H and O–H groups in total. The Bertz CT molecular complexity index is 545. The first kappa shape index (κ1) is 12.4. The van der Waals surface area contributed by atoms with E-state index in [-0.39, 0.29) is 11.3 Å². The average molecular weight is 238 g/mol. The van der Waals surface area contributed by atoms with Gasteiger partial charge in [0, 0.05) is 5.92 Å². The standard InChI is InChI=1S/C10H7FN2O4/c1-17-9(14)3-2-6-4-7(11)5-8(10(6)12)13(15)16/h4-5H,12H2,1H3. The molecule has 7 heteroatoms. The first-order valence-corrected chi connectivity index (χ1v) is 4.29. The van der Waals surface area contributed by atoms with Crippen molar-refractivity contribution in [3.63, 3.8) is 0 Å². The average Bonchev–Trinajstić information content (AvgIpc) is 2.28. The van der Waals surface area contributed by atoms with Crippen molar-refractivity contribution in [3.05, 3.63) is 33.6 Å². The highest BCUT2D eigenvalue weighted by Crippen LogP contribution is 2.25. The van der Waals surface area contributed by atoms with E-state index in [2.05, 4.69) is 10.7 Å². The number of nitro benzene ring substituents is 1. The van der Waals surface area contributed by atoms with Crippen molar-refractivity contribution in [2.75, 3.05) is 12.8 Å². The summed E-state index contributed by atoms with van der Waals surface area (Å²) in [5.74, 6) is 2.50. The predicted octanol–water partition coefficient (Wildman–Crippen LogP) is 0.841. The zero-order valence-electron chi connectivity index (χ0n) is 8.69. The summed E-state index contributed by atoms with van der Waals surface area (Å²) < 4.78 is 17.3. The molecule has 0 aromatic heterocycles. The lowest BCUT2D eigenvalue weighted by molar-refractivity contribution is -0.384. The van der Waals surface area contributed by atoms with Gasteiger partial charge in [-0.15, -0.1) is 0 Å². The summed E-state index contributed by atoms with van der Waals surface area (Å²) in [4.78, 5) is 20.4. The fourth-order valence-electron chi connectivity index (χ4n) is 1.03. The van der Waals surface area contributed by atoms with Crippen molar-refractivity contribution in [3.8, 4) is 11.8 Å². The van der Waals surface area contributed by atoms with Gasteiger partial charge >= 0.3 is 5.97 Å². The molecule has 0 saturated heterocycles. The van der Waals surface area contributed by atoms with Crippen LogP contribution in [0.15, 0.2) is 12.1 Å². The van der Waals surface area contributed by atoms with Gasteiger partial charge in [-0.1, -0.05) is 5.92 Å². The van der Waals surface area contributed by atoms with E-state index in [0.717, 1.165) is 13.2 Å². The summed E-state index contributed by atoms with van der Waals surface area (Å²) in [5, 5.41) is 10.5. The molecular formula is C10H7FN2O4. The molecule has 0 fully saturated rings. The summed E-state index contributed by atoms with van der Waals surface area (Å²) in [6, 6.07) is 1.58. The topological polar surface area (TPSA) is 95.5 Å². The number of rotatable bonds is 1. The zero-order chi connectivity index (χ0) is 13.0. The van der Waals surface area contributed by atoms with Gasteiger partial charge < -0.3 is 10.5 Å². The third-order valence-electron chi connectivity index (χ3n) is 1.80. The molecule has 0 amide bonds. The summed E-state index contributed by atoms with van der Waals surface area (Å²) in [5.41, 5.74) is 4.38. The van der Waals surface area contributed by atoms with E-state index in [1.807, 2.05) is 5.92 Å². The molecule has 0 spiro atoms. The second-order valence-corrected chi connectivity index (χ2v) is 2.88. The molecule has 0 atom stereocenters. The normalized spacial score (nSPS) is 9.06. The highest BCUT2D eigenvalue weighted by Gasteiger charge is 2.16. The molecule has 0 radical (unpaired) electrons. The first-order chi connectivity index (χ1) is 7.95. The van der Waals surface area contributed by atoms with Crippen LogP contribution in [0.25, 0.3) is 0 Å². The van der Waals surface area contributed by atoms with Crippen LogP contribution < -0.4 is 5.73 Å². The number of nitro groups is 1. The molecular weight excluding hydrogens is 231 g/mol. The molecule has 17 heavy (non-hydrogen) atoms. The number of esters is 1. The van der Waals surface area contributed by atoms with Crippen molar-refractivity contribution in [1.82, 2.24) is 0 Å². The minimum absolute atomic E-state index is 0.137. The molecule has 0 bridgehead atoms. The summed E-state index contributed by atoms with van der Waals surface area (Å²) in [7, 11) is 1.12. The van der Waals surface area contributed by atoms with Gasteiger partial charge in [-0.25, -0.2) is 9.18 Å². The summed E-state index contributed by atoms with van der Waals surface area (Å²) >= 11 is 0. The molecule has 1 aromatic carbocycles. The van der Waals surface area contributed by atoms with Crippen LogP contribution in [0, 0.1) is 27.8 Å². The fraction of sp³-hybridized carbons (Fsp3) is 0.100. The van der Waals surface area contributed by atoms with E-state index >= 15 is 0 Å². The number of hydrogen-bond donors (Lipinski definition) is 1.